The highest BCUT2D eigenvalue weighted by atomic mass is 35.5. The number of rotatable bonds is 2. The average Bonchev–Trinajstić information content (AvgIpc) is 2.39. The van der Waals surface area contributed by atoms with Crippen molar-refractivity contribution in [2.75, 3.05) is 11.1 Å². The van der Waals surface area contributed by atoms with Crippen molar-refractivity contribution in [2.45, 2.75) is 6.18 Å². The van der Waals surface area contributed by atoms with Crippen LogP contribution in [0, 0.1) is 0 Å². The molecule has 0 heterocycles. The van der Waals surface area contributed by atoms with Crippen LogP contribution in [0.25, 0.3) is 0 Å². The molecule has 22 heavy (non-hydrogen) atoms. The summed E-state index contributed by atoms with van der Waals surface area (Å²) in [5.41, 5.74) is 3.90. The van der Waals surface area contributed by atoms with E-state index in [4.69, 9.17) is 28.9 Å². The lowest BCUT2D eigenvalue weighted by Gasteiger charge is -2.13. The molecule has 0 radical (unpaired) electrons. The molecular formula is C14H9Cl2F3N2O. The summed E-state index contributed by atoms with van der Waals surface area (Å²) in [7, 11) is 0. The zero-order valence-corrected chi connectivity index (χ0v) is 12.4. The van der Waals surface area contributed by atoms with Crippen molar-refractivity contribution < 1.29 is 18.0 Å². The first-order valence-electron chi connectivity index (χ1n) is 5.91. The number of nitrogen functional groups attached to an aromatic ring is 1. The third kappa shape index (κ3) is 3.64. The number of nitrogens with one attached hydrogen (secondary N) is 1. The summed E-state index contributed by atoms with van der Waals surface area (Å²) in [4.78, 5) is 12.0. The number of hydrogen-bond acceptors (Lipinski definition) is 2. The monoisotopic (exact) mass is 348 g/mol. The van der Waals surface area contributed by atoms with Gasteiger partial charge in [0.25, 0.3) is 5.91 Å². The summed E-state index contributed by atoms with van der Waals surface area (Å²) in [5, 5.41) is 2.77. The summed E-state index contributed by atoms with van der Waals surface area (Å²) in [5.74, 6) is -0.653. The minimum atomic E-state index is -4.61. The Morgan fingerprint density at radius 1 is 1.09 bits per heavy atom. The van der Waals surface area contributed by atoms with Gasteiger partial charge < -0.3 is 11.1 Å². The standard InChI is InChI=1S/C14H9Cl2F3N2O/c15-7-1-3-9(11(16)5-7)13(22)21-8-2-4-12(20)10(6-8)14(17,18)19/h1-6H,20H2,(H,21,22). The first kappa shape index (κ1) is 16.5. The fourth-order valence-corrected chi connectivity index (χ4v) is 2.25. The van der Waals surface area contributed by atoms with Crippen LogP contribution < -0.4 is 11.1 Å². The van der Waals surface area contributed by atoms with E-state index in [0.717, 1.165) is 12.1 Å². The molecule has 3 N–H and O–H groups in total. The van der Waals surface area contributed by atoms with Crippen LogP contribution in [0.1, 0.15) is 15.9 Å². The van der Waals surface area contributed by atoms with E-state index in [1.807, 2.05) is 0 Å². The molecule has 0 saturated heterocycles. The zero-order chi connectivity index (χ0) is 16.5. The van der Waals surface area contributed by atoms with E-state index < -0.39 is 23.3 Å². The lowest BCUT2D eigenvalue weighted by Crippen LogP contribution is -2.14. The molecule has 2 rings (SSSR count). The SMILES string of the molecule is Nc1ccc(NC(=O)c2ccc(Cl)cc2Cl)cc1C(F)(F)F. The molecule has 0 aromatic heterocycles. The van der Waals surface area contributed by atoms with Crippen LogP contribution in [0.3, 0.4) is 0 Å². The number of amides is 1. The number of halogens is 5. The molecule has 0 saturated carbocycles. The molecular weight excluding hydrogens is 340 g/mol. The highest BCUT2D eigenvalue weighted by molar-refractivity contribution is 6.37. The maximum atomic E-state index is 12.8. The highest BCUT2D eigenvalue weighted by Gasteiger charge is 2.33. The van der Waals surface area contributed by atoms with E-state index in [0.29, 0.717) is 5.02 Å². The molecule has 0 aliphatic carbocycles. The first-order chi connectivity index (χ1) is 10.2. The number of carbonyl (C=O) groups is 1. The molecule has 0 fully saturated rings. The van der Waals surface area contributed by atoms with E-state index in [2.05, 4.69) is 5.32 Å². The van der Waals surface area contributed by atoms with Crippen LogP contribution in [0.15, 0.2) is 36.4 Å². The molecule has 0 atom stereocenters. The Balaban J connectivity index is 2.29. The van der Waals surface area contributed by atoms with Crippen LogP contribution in [-0.4, -0.2) is 5.91 Å². The molecule has 0 unspecified atom stereocenters. The topological polar surface area (TPSA) is 55.1 Å². The second kappa shape index (κ2) is 6.06. The largest absolute Gasteiger partial charge is 0.418 e. The second-order valence-electron chi connectivity index (χ2n) is 4.38. The Morgan fingerprint density at radius 2 is 1.77 bits per heavy atom. The number of hydrogen-bond donors (Lipinski definition) is 2. The summed E-state index contributed by atoms with van der Waals surface area (Å²) in [6.45, 7) is 0. The quantitative estimate of drug-likeness (QED) is 0.762. The van der Waals surface area contributed by atoms with E-state index in [1.165, 1.54) is 24.3 Å². The molecule has 116 valence electrons. The molecule has 8 heteroatoms. The number of anilines is 2. The maximum absolute atomic E-state index is 12.8. The van der Waals surface area contributed by atoms with Crippen LogP contribution >= 0.6 is 23.2 Å². The number of carbonyl (C=O) groups excluding carboxylic acids is 1. The minimum absolute atomic E-state index is 0.0439. The van der Waals surface area contributed by atoms with Crippen molar-refractivity contribution in [1.29, 1.82) is 0 Å². The molecule has 2 aromatic rings. The lowest BCUT2D eigenvalue weighted by molar-refractivity contribution is -0.136. The van der Waals surface area contributed by atoms with Gasteiger partial charge in [0, 0.05) is 16.4 Å². The molecule has 1 amide bonds. The Kier molecular flexibility index (Phi) is 4.53. The Bertz CT molecular complexity index is 733. The van der Waals surface area contributed by atoms with Gasteiger partial charge in [-0.3, -0.25) is 4.79 Å². The second-order valence-corrected chi connectivity index (χ2v) is 5.22. The van der Waals surface area contributed by atoms with Crippen LogP contribution in [-0.2, 0) is 6.18 Å². The van der Waals surface area contributed by atoms with E-state index in [1.54, 1.807) is 0 Å². The molecule has 0 aliphatic rings. The summed E-state index contributed by atoms with van der Waals surface area (Å²) < 4.78 is 38.3. The molecule has 0 spiro atoms. The molecule has 2 aromatic carbocycles. The van der Waals surface area contributed by atoms with Crippen molar-refractivity contribution in [3.63, 3.8) is 0 Å². The molecule has 0 bridgehead atoms. The normalized spacial score (nSPS) is 11.3. The minimum Gasteiger partial charge on any atom is -0.398 e. The van der Waals surface area contributed by atoms with Gasteiger partial charge in [-0.2, -0.15) is 13.2 Å². The molecule has 0 aliphatic heterocycles. The number of benzene rings is 2. The van der Waals surface area contributed by atoms with Gasteiger partial charge in [-0.15, -0.1) is 0 Å². The fraction of sp³-hybridized carbons (Fsp3) is 0.0714. The summed E-state index contributed by atoms with van der Waals surface area (Å²) in [6.07, 6.45) is -4.61. The van der Waals surface area contributed by atoms with E-state index >= 15 is 0 Å². The van der Waals surface area contributed by atoms with Crippen molar-refractivity contribution in [3.8, 4) is 0 Å². The van der Waals surface area contributed by atoms with Crippen LogP contribution in [0.4, 0.5) is 24.5 Å². The van der Waals surface area contributed by atoms with Gasteiger partial charge in [-0.05, 0) is 36.4 Å². The third-order valence-corrected chi connectivity index (χ3v) is 3.34. The van der Waals surface area contributed by atoms with Gasteiger partial charge in [0.1, 0.15) is 0 Å². The lowest BCUT2D eigenvalue weighted by atomic mass is 10.1. The third-order valence-electron chi connectivity index (χ3n) is 2.79. The van der Waals surface area contributed by atoms with Crippen molar-refractivity contribution in [2.24, 2.45) is 0 Å². The van der Waals surface area contributed by atoms with Crippen LogP contribution in [0.2, 0.25) is 10.0 Å². The summed E-state index contributed by atoms with van der Waals surface area (Å²) >= 11 is 11.6. The van der Waals surface area contributed by atoms with Crippen molar-refractivity contribution in [1.82, 2.24) is 0 Å². The van der Waals surface area contributed by atoms with Gasteiger partial charge in [0.05, 0.1) is 16.1 Å². The fourth-order valence-electron chi connectivity index (χ4n) is 1.75. The Labute approximate surface area is 133 Å². The zero-order valence-electron chi connectivity index (χ0n) is 10.8. The smallest absolute Gasteiger partial charge is 0.398 e. The van der Waals surface area contributed by atoms with E-state index in [9.17, 15) is 18.0 Å². The molecule has 3 nitrogen and oxygen atoms in total. The van der Waals surface area contributed by atoms with Gasteiger partial charge in [0.2, 0.25) is 0 Å². The van der Waals surface area contributed by atoms with E-state index in [-0.39, 0.29) is 16.3 Å². The average molecular weight is 349 g/mol. The number of nitrogens with two attached hydrogens (primary N) is 1. The van der Waals surface area contributed by atoms with Gasteiger partial charge in [-0.25, -0.2) is 0 Å². The maximum Gasteiger partial charge on any atom is 0.418 e. The van der Waals surface area contributed by atoms with Gasteiger partial charge in [-0.1, -0.05) is 23.2 Å². The van der Waals surface area contributed by atoms with Crippen molar-refractivity contribution in [3.05, 3.63) is 57.6 Å². The van der Waals surface area contributed by atoms with Crippen LogP contribution in [0.5, 0.6) is 0 Å². The summed E-state index contributed by atoms with van der Waals surface area (Å²) in [6, 6.07) is 7.29. The Hall–Kier alpha value is -1.92. The first-order valence-corrected chi connectivity index (χ1v) is 6.67. The predicted octanol–water partition coefficient (Wildman–Crippen LogP) is 4.85. The van der Waals surface area contributed by atoms with Gasteiger partial charge >= 0.3 is 6.18 Å². The predicted molar refractivity (Wildman–Crippen MR) is 80.3 cm³/mol. The highest BCUT2D eigenvalue weighted by Crippen LogP contribution is 2.35. The number of alkyl halides is 3. The van der Waals surface area contributed by atoms with Crippen molar-refractivity contribution >= 4 is 40.5 Å². The van der Waals surface area contributed by atoms with Gasteiger partial charge in [0.15, 0.2) is 0 Å². The Morgan fingerprint density at radius 3 is 2.36 bits per heavy atom.